The smallest absolute Gasteiger partial charge is 0.265 e. The summed E-state index contributed by atoms with van der Waals surface area (Å²) in [5.74, 6) is 2.09. The molecular weight excluding hydrogens is 414 g/mol. The van der Waals surface area contributed by atoms with E-state index in [2.05, 4.69) is 16.3 Å². The third-order valence-electron chi connectivity index (χ3n) is 7.22. The number of para-hydroxylation sites is 2. The molecule has 2 aromatic rings. The number of carbonyl (C=O) groups excluding carboxylic acids is 2. The Balaban J connectivity index is 1.15. The number of fused-ring (bicyclic) bond motifs is 1. The van der Waals surface area contributed by atoms with Crippen LogP contribution in [-0.2, 0) is 4.79 Å². The van der Waals surface area contributed by atoms with Crippen LogP contribution < -0.4 is 15.0 Å². The Morgan fingerprint density at radius 2 is 1.73 bits per heavy atom. The normalized spacial score (nSPS) is 19.2. The van der Waals surface area contributed by atoms with E-state index < -0.39 is 0 Å². The topological polar surface area (TPSA) is 61.9 Å². The standard InChI is InChI=1S/C27H33N3O3/c31-26-19-33-25-8-4-3-7-24(25)30(26)18-17-29-15-12-21(13-16-29)22-5-1-2-6-23(22)27(32)28-14-11-20-9-10-20/h1-8,20-21H,9-19H2,(H,28,32). The maximum atomic E-state index is 12.8. The van der Waals surface area contributed by atoms with Crippen molar-refractivity contribution in [3.05, 3.63) is 59.7 Å². The molecule has 1 saturated carbocycles. The van der Waals surface area contributed by atoms with Gasteiger partial charge >= 0.3 is 0 Å². The van der Waals surface area contributed by atoms with Crippen LogP contribution in [0, 0.1) is 5.92 Å². The minimum Gasteiger partial charge on any atom is -0.482 e. The first-order chi connectivity index (χ1) is 16.2. The van der Waals surface area contributed by atoms with Gasteiger partial charge in [-0.3, -0.25) is 9.59 Å². The monoisotopic (exact) mass is 447 g/mol. The Morgan fingerprint density at radius 1 is 0.970 bits per heavy atom. The predicted octanol–water partition coefficient (Wildman–Crippen LogP) is 3.82. The van der Waals surface area contributed by atoms with Crippen molar-refractivity contribution in [1.82, 2.24) is 10.2 Å². The quantitative estimate of drug-likeness (QED) is 0.668. The molecule has 2 fully saturated rings. The highest BCUT2D eigenvalue weighted by Gasteiger charge is 2.28. The fraction of sp³-hybridized carbons (Fsp3) is 0.481. The fourth-order valence-electron chi connectivity index (χ4n) is 5.06. The third-order valence-corrected chi connectivity index (χ3v) is 7.22. The van der Waals surface area contributed by atoms with Gasteiger partial charge in [-0.05, 0) is 68.0 Å². The van der Waals surface area contributed by atoms with E-state index in [1.807, 2.05) is 47.4 Å². The molecule has 2 aromatic carbocycles. The van der Waals surface area contributed by atoms with Crippen molar-refractivity contribution < 1.29 is 14.3 Å². The lowest BCUT2D eigenvalue weighted by molar-refractivity contribution is -0.121. The van der Waals surface area contributed by atoms with Crippen LogP contribution in [0.3, 0.4) is 0 Å². The van der Waals surface area contributed by atoms with Gasteiger partial charge in [0.05, 0.1) is 5.69 Å². The Bertz CT molecular complexity index is 996. The Hall–Kier alpha value is -2.86. The maximum absolute atomic E-state index is 12.8. The summed E-state index contributed by atoms with van der Waals surface area (Å²) in [5, 5.41) is 3.13. The molecule has 5 rings (SSSR count). The summed E-state index contributed by atoms with van der Waals surface area (Å²) in [4.78, 5) is 29.5. The second-order valence-electron chi connectivity index (χ2n) is 9.49. The molecular formula is C27H33N3O3. The van der Waals surface area contributed by atoms with Crippen molar-refractivity contribution in [2.24, 2.45) is 5.92 Å². The van der Waals surface area contributed by atoms with E-state index >= 15 is 0 Å². The van der Waals surface area contributed by atoms with Crippen molar-refractivity contribution in [3.63, 3.8) is 0 Å². The van der Waals surface area contributed by atoms with Gasteiger partial charge < -0.3 is 19.9 Å². The molecule has 2 heterocycles. The van der Waals surface area contributed by atoms with Crippen molar-refractivity contribution in [3.8, 4) is 5.75 Å². The molecule has 0 atom stereocenters. The van der Waals surface area contributed by atoms with E-state index in [-0.39, 0.29) is 18.4 Å². The number of hydrogen-bond acceptors (Lipinski definition) is 4. The number of hydrogen-bond donors (Lipinski definition) is 1. The molecule has 1 N–H and O–H groups in total. The first-order valence-electron chi connectivity index (χ1n) is 12.3. The van der Waals surface area contributed by atoms with E-state index in [0.29, 0.717) is 12.5 Å². The first kappa shape index (κ1) is 22.0. The number of rotatable bonds is 8. The van der Waals surface area contributed by atoms with Crippen molar-refractivity contribution in [1.29, 1.82) is 0 Å². The van der Waals surface area contributed by atoms with E-state index in [0.717, 1.165) is 68.4 Å². The average molecular weight is 448 g/mol. The minimum atomic E-state index is 0.0187. The number of piperidine rings is 1. The van der Waals surface area contributed by atoms with Gasteiger partial charge in [-0.15, -0.1) is 0 Å². The molecule has 1 aliphatic carbocycles. The lowest BCUT2D eigenvalue weighted by Gasteiger charge is -2.35. The van der Waals surface area contributed by atoms with Crippen LogP contribution in [0.25, 0.3) is 0 Å². The summed E-state index contributed by atoms with van der Waals surface area (Å²) in [6.45, 7) is 4.35. The van der Waals surface area contributed by atoms with Crippen LogP contribution in [0.4, 0.5) is 5.69 Å². The van der Waals surface area contributed by atoms with Crippen LogP contribution >= 0.6 is 0 Å². The number of ether oxygens (including phenoxy) is 1. The summed E-state index contributed by atoms with van der Waals surface area (Å²) in [7, 11) is 0. The van der Waals surface area contributed by atoms with Gasteiger partial charge in [-0.2, -0.15) is 0 Å². The number of nitrogens with one attached hydrogen (secondary N) is 1. The molecule has 1 saturated heterocycles. The van der Waals surface area contributed by atoms with Gasteiger partial charge in [0.2, 0.25) is 0 Å². The molecule has 3 aliphatic rings. The number of nitrogens with zero attached hydrogens (tertiary/aromatic N) is 2. The highest BCUT2D eigenvalue weighted by molar-refractivity contribution is 5.97. The number of carbonyl (C=O) groups is 2. The number of likely N-dealkylation sites (tertiary alicyclic amines) is 1. The number of benzene rings is 2. The van der Waals surface area contributed by atoms with Gasteiger partial charge in [-0.25, -0.2) is 0 Å². The van der Waals surface area contributed by atoms with Crippen molar-refractivity contribution in [2.45, 2.75) is 38.0 Å². The summed E-state index contributed by atoms with van der Waals surface area (Å²) >= 11 is 0. The Kier molecular flexibility index (Phi) is 6.63. The molecule has 2 amide bonds. The van der Waals surface area contributed by atoms with E-state index in [4.69, 9.17) is 4.74 Å². The van der Waals surface area contributed by atoms with Crippen LogP contribution in [0.15, 0.2) is 48.5 Å². The number of amides is 2. The van der Waals surface area contributed by atoms with Gasteiger partial charge in [0.25, 0.3) is 11.8 Å². The first-order valence-corrected chi connectivity index (χ1v) is 12.3. The lowest BCUT2D eigenvalue weighted by atomic mass is 9.86. The Morgan fingerprint density at radius 3 is 2.55 bits per heavy atom. The zero-order valence-electron chi connectivity index (χ0n) is 19.2. The second kappa shape index (κ2) is 9.96. The number of anilines is 1. The highest BCUT2D eigenvalue weighted by Crippen LogP contribution is 2.33. The summed E-state index contributed by atoms with van der Waals surface area (Å²) in [5.41, 5.74) is 2.88. The molecule has 33 heavy (non-hydrogen) atoms. The average Bonchev–Trinajstić information content (AvgIpc) is 3.68. The largest absolute Gasteiger partial charge is 0.482 e. The molecule has 0 unspecified atom stereocenters. The summed E-state index contributed by atoms with van der Waals surface area (Å²) in [6, 6.07) is 15.8. The van der Waals surface area contributed by atoms with E-state index in [1.165, 1.54) is 18.4 Å². The molecule has 0 aromatic heterocycles. The summed E-state index contributed by atoms with van der Waals surface area (Å²) < 4.78 is 5.55. The summed E-state index contributed by atoms with van der Waals surface area (Å²) in [6.07, 6.45) is 5.79. The maximum Gasteiger partial charge on any atom is 0.265 e. The SMILES string of the molecule is O=C(NCCC1CC1)c1ccccc1C1CCN(CCN2C(=O)COc3ccccc32)CC1. The fourth-order valence-corrected chi connectivity index (χ4v) is 5.06. The van der Waals surface area contributed by atoms with E-state index in [9.17, 15) is 9.59 Å². The third kappa shape index (κ3) is 5.22. The zero-order chi connectivity index (χ0) is 22.6. The lowest BCUT2D eigenvalue weighted by Crippen LogP contribution is -2.45. The minimum absolute atomic E-state index is 0.0187. The molecule has 0 spiro atoms. The predicted molar refractivity (Wildman–Crippen MR) is 129 cm³/mol. The molecule has 0 bridgehead atoms. The molecule has 6 heteroatoms. The zero-order valence-corrected chi connectivity index (χ0v) is 19.2. The molecule has 0 radical (unpaired) electrons. The van der Waals surface area contributed by atoms with Crippen molar-refractivity contribution >= 4 is 17.5 Å². The van der Waals surface area contributed by atoms with Gasteiger partial charge in [0, 0.05) is 25.2 Å². The van der Waals surface area contributed by atoms with Gasteiger partial charge in [-0.1, -0.05) is 43.2 Å². The van der Waals surface area contributed by atoms with Crippen LogP contribution in [-0.4, -0.2) is 56.0 Å². The molecule has 2 aliphatic heterocycles. The second-order valence-corrected chi connectivity index (χ2v) is 9.49. The molecule has 6 nitrogen and oxygen atoms in total. The van der Waals surface area contributed by atoms with Crippen LogP contribution in [0.2, 0.25) is 0 Å². The van der Waals surface area contributed by atoms with Crippen molar-refractivity contribution in [2.75, 3.05) is 44.2 Å². The van der Waals surface area contributed by atoms with Crippen LogP contribution in [0.1, 0.15) is 53.9 Å². The molecule has 174 valence electrons. The van der Waals surface area contributed by atoms with Gasteiger partial charge in [0.1, 0.15) is 5.75 Å². The Labute approximate surface area is 195 Å². The van der Waals surface area contributed by atoms with Gasteiger partial charge in [0.15, 0.2) is 6.61 Å². The van der Waals surface area contributed by atoms with Crippen LogP contribution in [0.5, 0.6) is 5.75 Å². The van der Waals surface area contributed by atoms with E-state index in [1.54, 1.807) is 0 Å². The highest BCUT2D eigenvalue weighted by atomic mass is 16.5.